The van der Waals surface area contributed by atoms with Crippen molar-refractivity contribution in [2.45, 2.75) is 4.90 Å². The Labute approximate surface area is 136 Å². The van der Waals surface area contributed by atoms with Crippen LogP contribution in [0.15, 0.2) is 39.9 Å². The Kier molecular flexibility index (Phi) is 3.35. The van der Waals surface area contributed by atoms with Crippen molar-refractivity contribution in [2.75, 3.05) is 36.5 Å². The van der Waals surface area contributed by atoms with E-state index in [0.29, 0.717) is 0 Å². The molecule has 1 aromatic rings. The second-order valence-corrected chi connectivity index (χ2v) is 6.31. The molecule has 3 aliphatic rings. The number of amides is 2. The van der Waals surface area contributed by atoms with Gasteiger partial charge in [-0.05, 0) is 30.0 Å². The lowest BCUT2D eigenvalue weighted by Crippen LogP contribution is -2.34. The van der Waals surface area contributed by atoms with Crippen LogP contribution < -0.4 is 10.2 Å². The fourth-order valence-electron chi connectivity index (χ4n) is 2.79. The smallest absolute Gasteiger partial charge is 0.277 e. The van der Waals surface area contributed by atoms with E-state index in [4.69, 9.17) is 5.11 Å². The molecule has 0 saturated carbocycles. The van der Waals surface area contributed by atoms with E-state index >= 15 is 0 Å². The molecule has 0 atom stereocenters. The van der Waals surface area contributed by atoms with Crippen molar-refractivity contribution < 1.29 is 14.7 Å². The third-order valence-electron chi connectivity index (χ3n) is 3.86. The van der Waals surface area contributed by atoms with Crippen LogP contribution >= 0.6 is 11.8 Å². The zero-order valence-electron chi connectivity index (χ0n) is 12.2. The van der Waals surface area contributed by atoms with E-state index in [9.17, 15) is 9.59 Å². The number of anilines is 2. The standard InChI is InChI=1S/C15H14N4O3S/c20-6-5-19-13(21)8-10(14(19)22)17-9-1-2-12-11(7-9)18-4-3-16-15(18)23-12/h1-2,7-8,17,20H,3-6H2. The number of hydrogen-bond acceptors (Lipinski definition) is 7. The number of benzene rings is 1. The lowest BCUT2D eigenvalue weighted by molar-refractivity contribution is -0.137. The number of carbonyl (C=O) groups is 2. The van der Waals surface area contributed by atoms with Gasteiger partial charge in [-0.15, -0.1) is 0 Å². The number of amidine groups is 1. The predicted molar refractivity (Wildman–Crippen MR) is 87.5 cm³/mol. The lowest BCUT2D eigenvalue weighted by atomic mass is 10.2. The Hall–Kier alpha value is -2.32. The highest BCUT2D eigenvalue weighted by atomic mass is 32.2. The molecule has 0 spiro atoms. The number of carbonyl (C=O) groups excluding carboxylic acids is 2. The molecule has 0 unspecified atom stereocenters. The van der Waals surface area contributed by atoms with Gasteiger partial charge >= 0.3 is 0 Å². The molecule has 0 aliphatic carbocycles. The molecule has 3 aliphatic heterocycles. The minimum Gasteiger partial charge on any atom is -0.395 e. The van der Waals surface area contributed by atoms with E-state index in [1.54, 1.807) is 11.8 Å². The molecule has 23 heavy (non-hydrogen) atoms. The Morgan fingerprint density at radius 3 is 3.04 bits per heavy atom. The molecule has 3 heterocycles. The highest BCUT2D eigenvalue weighted by Gasteiger charge is 2.32. The van der Waals surface area contributed by atoms with Crippen molar-refractivity contribution in [2.24, 2.45) is 4.99 Å². The van der Waals surface area contributed by atoms with Gasteiger partial charge in [-0.1, -0.05) is 0 Å². The first kappa shape index (κ1) is 14.3. The number of nitrogens with one attached hydrogen (secondary N) is 1. The van der Waals surface area contributed by atoms with Gasteiger partial charge in [0.2, 0.25) is 0 Å². The molecular formula is C15H14N4O3S. The van der Waals surface area contributed by atoms with Crippen molar-refractivity contribution >= 4 is 40.1 Å². The van der Waals surface area contributed by atoms with Crippen LogP contribution in [0.2, 0.25) is 0 Å². The second-order valence-electron chi connectivity index (χ2n) is 5.30. The summed E-state index contributed by atoms with van der Waals surface area (Å²) in [5, 5.41) is 12.9. The average Bonchev–Trinajstić information content (AvgIpc) is 3.18. The summed E-state index contributed by atoms with van der Waals surface area (Å²) < 4.78 is 0. The fraction of sp³-hybridized carbons (Fsp3) is 0.267. The van der Waals surface area contributed by atoms with Crippen LogP contribution in [-0.2, 0) is 9.59 Å². The summed E-state index contributed by atoms with van der Waals surface area (Å²) >= 11 is 1.64. The van der Waals surface area contributed by atoms with Gasteiger partial charge in [0.25, 0.3) is 11.8 Å². The topological polar surface area (TPSA) is 85.2 Å². The van der Waals surface area contributed by atoms with E-state index in [1.807, 2.05) is 18.2 Å². The van der Waals surface area contributed by atoms with E-state index in [2.05, 4.69) is 15.2 Å². The summed E-state index contributed by atoms with van der Waals surface area (Å²) in [5.41, 5.74) is 2.04. The number of β-amino-alcohol motifs (C(OH)–C–C–N with tert-alkyl or cyclic N) is 1. The molecule has 1 aromatic carbocycles. The summed E-state index contributed by atoms with van der Waals surface area (Å²) in [6.07, 6.45) is 1.27. The average molecular weight is 330 g/mol. The van der Waals surface area contributed by atoms with E-state index in [0.717, 1.165) is 39.4 Å². The number of thioether (sulfide) groups is 1. The Bertz CT molecular complexity index is 774. The molecule has 7 nitrogen and oxygen atoms in total. The fourth-order valence-corrected chi connectivity index (χ4v) is 3.86. The van der Waals surface area contributed by atoms with Crippen molar-refractivity contribution in [1.29, 1.82) is 0 Å². The molecule has 2 amide bonds. The van der Waals surface area contributed by atoms with Crippen LogP contribution in [0.4, 0.5) is 11.4 Å². The number of fused-ring (bicyclic) bond motifs is 3. The van der Waals surface area contributed by atoms with Crippen LogP contribution in [0.25, 0.3) is 0 Å². The number of imide groups is 1. The number of nitrogens with zero attached hydrogens (tertiary/aromatic N) is 3. The highest BCUT2D eigenvalue weighted by Crippen LogP contribution is 2.43. The first-order valence-corrected chi connectivity index (χ1v) is 8.08. The lowest BCUT2D eigenvalue weighted by Gasteiger charge is -2.15. The van der Waals surface area contributed by atoms with Crippen LogP contribution in [0.5, 0.6) is 0 Å². The van der Waals surface area contributed by atoms with Crippen molar-refractivity contribution in [3.8, 4) is 0 Å². The third-order valence-corrected chi connectivity index (χ3v) is 4.96. The molecule has 0 aromatic heterocycles. The van der Waals surface area contributed by atoms with Crippen molar-refractivity contribution in [3.05, 3.63) is 30.0 Å². The van der Waals surface area contributed by atoms with Gasteiger partial charge in [0.1, 0.15) is 5.70 Å². The third kappa shape index (κ3) is 2.30. The van der Waals surface area contributed by atoms with Crippen LogP contribution in [0.1, 0.15) is 0 Å². The number of aliphatic hydroxyl groups is 1. The number of aliphatic hydroxyl groups excluding tert-OH is 1. The summed E-state index contributed by atoms with van der Waals surface area (Å²) in [7, 11) is 0. The summed E-state index contributed by atoms with van der Waals surface area (Å²) in [6.45, 7) is 1.43. The van der Waals surface area contributed by atoms with Gasteiger partial charge in [-0.2, -0.15) is 0 Å². The molecule has 4 rings (SSSR count). The van der Waals surface area contributed by atoms with Gasteiger partial charge in [-0.3, -0.25) is 19.5 Å². The van der Waals surface area contributed by atoms with Gasteiger partial charge in [0.05, 0.1) is 25.4 Å². The molecule has 0 fully saturated rings. The van der Waals surface area contributed by atoms with Crippen LogP contribution in [0, 0.1) is 0 Å². The van der Waals surface area contributed by atoms with E-state index < -0.39 is 11.8 Å². The summed E-state index contributed by atoms with van der Waals surface area (Å²) in [5.74, 6) is -0.820. The minimum atomic E-state index is -0.414. The van der Waals surface area contributed by atoms with Crippen LogP contribution in [0.3, 0.4) is 0 Å². The Morgan fingerprint density at radius 2 is 2.22 bits per heavy atom. The molecule has 8 heteroatoms. The number of rotatable bonds is 4. The maximum Gasteiger partial charge on any atom is 0.277 e. The Morgan fingerprint density at radius 1 is 1.35 bits per heavy atom. The SMILES string of the molecule is O=C1C=C(Nc2ccc3c(c2)N2CCN=C2S3)C(=O)N1CCO. The molecule has 0 bridgehead atoms. The molecule has 0 saturated heterocycles. The maximum atomic E-state index is 12.2. The van der Waals surface area contributed by atoms with Crippen molar-refractivity contribution in [1.82, 2.24) is 4.90 Å². The highest BCUT2D eigenvalue weighted by molar-refractivity contribution is 8.14. The van der Waals surface area contributed by atoms with Crippen molar-refractivity contribution in [3.63, 3.8) is 0 Å². The largest absolute Gasteiger partial charge is 0.395 e. The quantitative estimate of drug-likeness (QED) is 0.788. The maximum absolute atomic E-state index is 12.2. The van der Waals surface area contributed by atoms with Gasteiger partial charge < -0.3 is 15.3 Å². The first-order chi connectivity index (χ1) is 11.2. The molecule has 2 N–H and O–H groups in total. The van der Waals surface area contributed by atoms with Gasteiger partial charge in [0, 0.05) is 23.2 Å². The Balaban J connectivity index is 1.56. The summed E-state index contributed by atoms with van der Waals surface area (Å²) in [4.78, 5) is 32.7. The van der Waals surface area contributed by atoms with Gasteiger partial charge in [0.15, 0.2) is 5.17 Å². The zero-order valence-corrected chi connectivity index (χ0v) is 13.0. The van der Waals surface area contributed by atoms with Gasteiger partial charge in [-0.25, -0.2) is 0 Å². The number of hydrogen-bond donors (Lipinski definition) is 2. The second kappa shape index (κ2) is 5.39. The summed E-state index contributed by atoms with van der Waals surface area (Å²) in [6, 6.07) is 5.82. The van der Waals surface area contributed by atoms with E-state index in [-0.39, 0.29) is 18.8 Å². The molecule has 118 valence electrons. The first-order valence-electron chi connectivity index (χ1n) is 7.26. The molecular weight excluding hydrogens is 316 g/mol. The van der Waals surface area contributed by atoms with Crippen LogP contribution in [-0.4, -0.2) is 53.2 Å². The van der Waals surface area contributed by atoms with E-state index in [1.165, 1.54) is 6.08 Å². The monoisotopic (exact) mass is 330 g/mol. The minimum absolute atomic E-state index is 0.00771. The normalized spacial score (nSPS) is 19.0. The molecule has 0 radical (unpaired) electrons. The predicted octanol–water partition coefficient (Wildman–Crippen LogP) is 0.625. The zero-order chi connectivity index (χ0) is 16.0. The number of aliphatic imine (C=N–C) groups is 1.